The standard InChI is InChI=1S/C32H28N2O6S/c1-4-14-39-22-9-6-19(7-10-22)28-27(29(35)20-8-13-25-21(16-20)15-18(3)40-25)30(36)31(37)34(28)32-33-24-12-11-23(38-5-2)17-26(24)41-32/h4,6-13,16-18,28,35H,1,5,14-15H2,2-3H3/t18-,28-/m0/s1. The van der Waals surface area contributed by atoms with Crippen molar-refractivity contribution in [3.8, 4) is 17.2 Å². The van der Waals surface area contributed by atoms with Crippen LogP contribution < -0.4 is 19.1 Å². The zero-order valence-corrected chi connectivity index (χ0v) is 23.4. The number of ketones is 1. The summed E-state index contributed by atoms with van der Waals surface area (Å²) < 4.78 is 17.9. The van der Waals surface area contributed by atoms with Gasteiger partial charge in [-0.1, -0.05) is 36.1 Å². The largest absolute Gasteiger partial charge is 0.507 e. The second-order valence-electron chi connectivity index (χ2n) is 9.85. The number of aliphatic hydroxyl groups excluding tert-OH is 1. The quantitative estimate of drug-likeness (QED) is 0.117. The minimum absolute atomic E-state index is 0.00376. The van der Waals surface area contributed by atoms with Crippen molar-refractivity contribution in [1.82, 2.24) is 4.98 Å². The van der Waals surface area contributed by atoms with Crippen LogP contribution in [0.4, 0.5) is 5.13 Å². The summed E-state index contributed by atoms with van der Waals surface area (Å²) in [6, 6.07) is 17.0. The zero-order valence-electron chi connectivity index (χ0n) is 22.6. The molecule has 0 spiro atoms. The Balaban J connectivity index is 1.48. The normalized spacial score (nSPS) is 19.3. The highest BCUT2D eigenvalue weighted by molar-refractivity contribution is 7.22. The third-order valence-corrected chi connectivity index (χ3v) is 8.06. The molecule has 1 N–H and O–H groups in total. The number of rotatable bonds is 8. The summed E-state index contributed by atoms with van der Waals surface area (Å²) in [5, 5.41) is 11.9. The van der Waals surface area contributed by atoms with Crippen molar-refractivity contribution in [1.29, 1.82) is 0 Å². The van der Waals surface area contributed by atoms with E-state index < -0.39 is 17.7 Å². The molecule has 2 aliphatic heterocycles. The number of fused-ring (bicyclic) bond motifs is 2. The van der Waals surface area contributed by atoms with Gasteiger partial charge in [-0.15, -0.1) is 0 Å². The Kier molecular flexibility index (Phi) is 6.96. The van der Waals surface area contributed by atoms with Crippen LogP contribution in [0.2, 0.25) is 0 Å². The van der Waals surface area contributed by atoms with E-state index in [0.717, 1.165) is 16.0 Å². The van der Waals surface area contributed by atoms with E-state index in [1.165, 1.54) is 16.2 Å². The van der Waals surface area contributed by atoms with Gasteiger partial charge in [0.15, 0.2) is 5.13 Å². The maximum absolute atomic E-state index is 13.6. The molecule has 2 atom stereocenters. The van der Waals surface area contributed by atoms with Crippen LogP contribution in [0.3, 0.4) is 0 Å². The van der Waals surface area contributed by atoms with Crippen LogP contribution in [0.15, 0.2) is 78.9 Å². The number of carbonyl (C=O) groups is 2. The minimum atomic E-state index is -0.904. The molecule has 1 aromatic heterocycles. The lowest BCUT2D eigenvalue weighted by Crippen LogP contribution is -2.29. The Bertz CT molecular complexity index is 1710. The predicted molar refractivity (Wildman–Crippen MR) is 158 cm³/mol. The lowest BCUT2D eigenvalue weighted by atomic mass is 9.94. The predicted octanol–water partition coefficient (Wildman–Crippen LogP) is 6.21. The first-order chi connectivity index (χ1) is 19.9. The fourth-order valence-corrected chi connectivity index (χ4v) is 6.24. The van der Waals surface area contributed by atoms with E-state index in [1.54, 1.807) is 42.5 Å². The number of aliphatic hydroxyl groups is 1. The monoisotopic (exact) mass is 568 g/mol. The van der Waals surface area contributed by atoms with Crippen molar-refractivity contribution >= 4 is 44.1 Å². The molecular weight excluding hydrogens is 540 g/mol. The lowest BCUT2D eigenvalue weighted by Gasteiger charge is -2.23. The molecule has 1 amide bonds. The van der Waals surface area contributed by atoms with Gasteiger partial charge < -0.3 is 19.3 Å². The number of hydrogen-bond donors (Lipinski definition) is 1. The Morgan fingerprint density at radius 2 is 1.90 bits per heavy atom. The third kappa shape index (κ3) is 4.82. The summed E-state index contributed by atoms with van der Waals surface area (Å²) in [5.41, 5.74) is 2.68. The summed E-state index contributed by atoms with van der Waals surface area (Å²) in [7, 11) is 0. The molecule has 0 radical (unpaired) electrons. The third-order valence-electron chi connectivity index (χ3n) is 7.04. The molecule has 1 fully saturated rings. The number of anilines is 1. The average Bonchev–Trinajstić information content (AvgIpc) is 3.64. The van der Waals surface area contributed by atoms with Crippen molar-refractivity contribution in [3.05, 3.63) is 95.6 Å². The van der Waals surface area contributed by atoms with Gasteiger partial charge in [0.25, 0.3) is 5.78 Å². The molecule has 9 heteroatoms. The molecule has 6 rings (SSSR count). The number of nitrogens with zero attached hydrogens (tertiary/aromatic N) is 2. The summed E-state index contributed by atoms with van der Waals surface area (Å²) >= 11 is 1.28. The number of aromatic nitrogens is 1. The summed E-state index contributed by atoms with van der Waals surface area (Å²) in [6.07, 6.45) is 2.36. The highest BCUT2D eigenvalue weighted by atomic mass is 32.1. The fraction of sp³-hybridized carbons (Fsp3) is 0.219. The fourth-order valence-electron chi connectivity index (χ4n) is 5.22. The molecule has 208 valence electrons. The second kappa shape index (κ2) is 10.7. The van der Waals surface area contributed by atoms with Gasteiger partial charge >= 0.3 is 5.91 Å². The molecule has 41 heavy (non-hydrogen) atoms. The molecule has 2 aliphatic rings. The Labute approximate surface area is 241 Å². The minimum Gasteiger partial charge on any atom is -0.507 e. The van der Waals surface area contributed by atoms with E-state index in [9.17, 15) is 14.7 Å². The molecular formula is C32H28N2O6S. The lowest BCUT2D eigenvalue weighted by molar-refractivity contribution is -0.132. The van der Waals surface area contributed by atoms with Gasteiger partial charge in [-0.3, -0.25) is 14.5 Å². The molecule has 0 aliphatic carbocycles. The summed E-state index contributed by atoms with van der Waals surface area (Å²) in [6.45, 7) is 8.41. The molecule has 3 aromatic carbocycles. The van der Waals surface area contributed by atoms with Crippen molar-refractivity contribution in [2.24, 2.45) is 0 Å². The first-order valence-electron chi connectivity index (χ1n) is 13.4. The van der Waals surface area contributed by atoms with E-state index in [4.69, 9.17) is 19.2 Å². The zero-order chi connectivity index (χ0) is 28.7. The van der Waals surface area contributed by atoms with Crippen LogP contribution in [0.25, 0.3) is 16.0 Å². The van der Waals surface area contributed by atoms with Crippen molar-refractivity contribution < 1.29 is 28.9 Å². The smallest absolute Gasteiger partial charge is 0.301 e. The first-order valence-corrected chi connectivity index (χ1v) is 14.2. The number of hydrogen-bond acceptors (Lipinski definition) is 8. The number of thiazole rings is 1. The Morgan fingerprint density at radius 1 is 1.12 bits per heavy atom. The summed E-state index contributed by atoms with van der Waals surface area (Å²) in [5.74, 6) is 0.275. The van der Waals surface area contributed by atoms with E-state index in [2.05, 4.69) is 6.58 Å². The maximum atomic E-state index is 13.6. The van der Waals surface area contributed by atoms with Gasteiger partial charge in [0.2, 0.25) is 0 Å². The molecule has 4 aromatic rings. The molecule has 0 bridgehead atoms. The van der Waals surface area contributed by atoms with Gasteiger partial charge in [0.1, 0.15) is 35.7 Å². The van der Waals surface area contributed by atoms with Gasteiger partial charge in [-0.05, 0) is 73.5 Å². The molecule has 0 saturated carbocycles. The van der Waals surface area contributed by atoms with Crippen LogP contribution in [-0.2, 0) is 16.0 Å². The van der Waals surface area contributed by atoms with E-state index in [-0.39, 0.29) is 17.4 Å². The van der Waals surface area contributed by atoms with Crippen LogP contribution in [0.1, 0.15) is 36.6 Å². The number of carbonyl (C=O) groups excluding carboxylic acids is 2. The molecule has 1 saturated heterocycles. The first kappa shape index (κ1) is 26.6. The van der Waals surface area contributed by atoms with Crippen LogP contribution in [0.5, 0.6) is 17.2 Å². The number of amides is 1. The topological polar surface area (TPSA) is 98.2 Å². The van der Waals surface area contributed by atoms with Gasteiger partial charge in [-0.25, -0.2) is 4.98 Å². The second-order valence-corrected chi connectivity index (χ2v) is 10.9. The molecule has 0 unspecified atom stereocenters. The maximum Gasteiger partial charge on any atom is 0.301 e. The SMILES string of the molecule is C=CCOc1ccc([C@H]2C(=C(O)c3ccc4c(c3)C[C@H](C)O4)C(=O)C(=O)N2c2nc3ccc(OCC)cc3s2)cc1. The van der Waals surface area contributed by atoms with Gasteiger partial charge in [0.05, 0.1) is 28.4 Å². The van der Waals surface area contributed by atoms with Crippen LogP contribution in [-0.4, -0.2) is 41.1 Å². The van der Waals surface area contributed by atoms with Crippen LogP contribution in [0, 0.1) is 0 Å². The molecule has 8 nitrogen and oxygen atoms in total. The van der Waals surface area contributed by atoms with E-state index in [1.807, 2.05) is 38.1 Å². The van der Waals surface area contributed by atoms with E-state index in [0.29, 0.717) is 52.9 Å². The van der Waals surface area contributed by atoms with Crippen molar-refractivity contribution in [3.63, 3.8) is 0 Å². The van der Waals surface area contributed by atoms with Crippen molar-refractivity contribution in [2.75, 3.05) is 18.1 Å². The highest BCUT2D eigenvalue weighted by Gasteiger charge is 2.48. The molecule has 3 heterocycles. The number of Topliss-reactive ketones (excluding diaryl/α,β-unsaturated/α-hetero) is 1. The number of ether oxygens (including phenoxy) is 3. The van der Waals surface area contributed by atoms with Crippen molar-refractivity contribution in [2.45, 2.75) is 32.4 Å². The number of benzene rings is 3. The average molecular weight is 569 g/mol. The Morgan fingerprint density at radius 3 is 2.66 bits per heavy atom. The van der Waals surface area contributed by atoms with Crippen LogP contribution >= 0.6 is 11.3 Å². The van der Waals surface area contributed by atoms with Gasteiger partial charge in [0, 0.05) is 12.0 Å². The van der Waals surface area contributed by atoms with Gasteiger partial charge in [-0.2, -0.15) is 0 Å². The van der Waals surface area contributed by atoms with E-state index >= 15 is 0 Å². The Hall–Kier alpha value is -4.63. The summed E-state index contributed by atoms with van der Waals surface area (Å²) in [4.78, 5) is 33.3. The highest BCUT2D eigenvalue weighted by Crippen LogP contribution is 2.45.